The molecule has 0 aliphatic carbocycles. The zero-order chi connectivity index (χ0) is 16.8. The third-order valence-corrected chi connectivity index (χ3v) is 3.11. The van der Waals surface area contributed by atoms with Gasteiger partial charge in [-0.1, -0.05) is 17.7 Å². The van der Waals surface area contributed by atoms with Crippen molar-refractivity contribution in [2.75, 3.05) is 0 Å². The van der Waals surface area contributed by atoms with Gasteiger partial charge in [-0.25, -0.2) is 4.39 Å². The van der Waals surface area contributed by atoms with E-state index in [1.165, 1.54) is 24.3 Å². The standard InChI is InChI=1S/C17H17FN2O3/c1-11-3-9-15(10-4-11)23-12(2)16(21)19-20-17(22)13-5-7-14(18)8-6-13/h3-10,12H,1-2H3,(H,19,21)(H,20,22). The van der Waals surface area contributed by atoms with Crippen LogP contribution in [-0.2, 0) is 4.79 Å². The van der Waals surface area contributed by atoms with E-state index >= 15 is 0 Å². The van der Waals surface area contributed by atoms with Crippen molar-refractivity contribution in [3.63, 3.8) is 0 Å². The molecule has 0 radical (unpaired) electrons. The lowest BCUT2D eigenvalue weighted by molar-refractivity contribution is -0.128. The Balaban J connectivity index is 1.84. The summed E-state index contributed by atoms with van der Waals surface area (Å²) in [6, 6.07) is 12.2. The average molecular weight is 316 g/mol. The molecule has 0 aliphatic rings. The summed E-state index contributed by atoms with van der Waals surface area (Å²) >= 11 is 0. The molecule has 5 nitrogen and oxygen atoms in total. The Morgan fingerprint density at radius 2 is 1.61 bits per heavy atom. The van der Waals surface area contributed by atoms with Crippen LogP contribution in [0.15, 0.2) is 48.5 Å². The van der Waals surface area contributed by atoms with Crippen LogP contribution >= 0.6 is 0 Å². The molecule has 0 spiro atoms. The Labute approximate surface area is 133 Å². The number of benzene rings is 2. The molecule has 23 heavy (non-hydrogen) atoms. The summed E-state index contributed by atoms with van der Waals surface area (Å²) in [6.45, 7) is 3.52. The molecule has 120 valence electrons. The first-order chi connectivity index (χ1) is 11.0. The zero-order valence-electron chi connectivity index (χ0n) is 12.8. The van der Waals surface area contributed by atoms with Crippen molar-refractivity contribution in [2.24, 2.45) is 0 Å². The summed E-state index contributed by atoms with van der Waals surface area (Å²) in [5.41, 5.74) is 5.84. The molecule has 2 amide bonds. The number of aryl methyl sites for hydroxylation is 1. The third kappa shape index (κ3) is 4.81. The molecule has 6 heteroatoms. The van der Waals surface area contributed by atoms with Crippen LogP contribution in [0.5, 0.6) is 5.75 Å². The lowest BCUT2D eigenvalue weighted by atomic mass is 10.2. The van der Waals surface area contributed by atoms with E-state index in [9.17, 15) is 14.0 Å². The van der Waals surface area contributed by atoms with Crippen LogP contribution in [-0.4, -0.2) is 17.9 Å². The Morgan fingerprint density at radius 1 is 1.00 bits per heavy atom. The molecule has 0 aliphatic heterocycles. The molecule has 0 bridgehead atoms. The first-order valence-corrected chi connectivity index (χ1v) is 7.05. The second-order valence-electron chi connectivity index (χ2n) is 5.02. The van der Waals surface area contributed by atoms with E-state index in [0.717, 1.165) is 5.56 Å². The van der Waals surface area contributed by atoms with Crippen molar-refractivity contribution < 1.29 is 18.7 Å². The highest BCUT2D eigenvalue weighted by Gasteiger charge is 2.15. The van der Waals surface area contributed by atoms with Crippen molar-refractivity contribution in [2.45, 2.75) is 20.0 Å². The number of hydrazine groups is 1. The monoisotopic (exact) mass is 316 g/mol. The molecule has 1 atom stereocenters. The number of carbonyl (C=O) groups excluding carboxylic acids is 2. The van der Waals surface area contributed by atoms with Crippen molar-refractivity contribution in [1.29, 1.82) is 0 Å². The Bertz CT molecular complexity index is 684. The summed E-state index contributed by atoms with van der Waals surface area (Å²) in [5, 5.41) is 0. The molecular formula is C17H17FN2O3. The predicted molar refractivity (Wildman–Crippen MR) is 83.3 cm³/mol. The SMILES string of the molecule is Cc1ccc(OC(C)C(=O)NNC(=O)c2ccc(F)cc2)cc1. The maximum Gasteiger partial charge on any atom is 0.279 e. The van der Waals surface area contributed by atoms with Crippen LogP contribution in [0.2, 0.25) is 0 Å². The maximum absolute atomic E-state index is 12.8. The minimum Gasteiger partial charge on any atom is -0.481 e. The number of hydrogen-bond donors (Lipinski definition) is 2. The first-order valence-electron chi connectivity index (χ1n) is 7.05. The van der Waals surface area contributed by atoms with Gasteiger partial charge in [0, 0.05) is 5.56 Å². The summed E-state index contributed by atoms with van der Waals surface area (Å²) in [5.74, 6) is -0.921. The number of nitrogens with one attached hydrogen (secondary N) is 2. The van der Waals surface area contributed by atoms with Crippen LogP contribution < -0.4 is 15.6 Å². The molecule has 0 aromatic heterocycles. The maximum atomic E-state index is 12.8. The summed E-state index contributed by atoms with van der Waals surface area (Å²) < 4.78 is 18.3. The summed E-state index contributed by atoms with van der Waals surface area (Å²) in [6.07, 6.45) is -0.786. The van der Waals surface area contributed by atoms with Crippen LogP contribution in [0.25, 0.3) is 0 Å². The summed E-state index contributed by atoms with van der Waals surface area (Å²) in [4.78, 5) is 23.7. The minimum absolute atomic E-state index is 0.235. The lowest BCUT2D eigenvalue weighted by Gasteiger charge is -2.15. The summed E-state index contributed by atoms with van der Waals surface area (Å²) in [7, 11) is 0. The average Bonchev–Trinajstić information content (AvgIpc) is 2.55. The Hall–Kier alpha value is -2.89. The smallest absolute Gasteiger partial charge is 0.279 e. The molecule has 0 heterocycles. The van der Waals surface area contributed by atoms with Crippen LogP contribution in [0.4, 0.5) is 4.39 Å². The Kier molecular flexibility index (Phi) is 5.30. The van der Waals surface area contributed by atoms with Crippen LogP contribution in [0, 0.1) is 12.7 Å². The highest BCUT2D eigenvalue weighted by Crippen LogP contribution is 2.13. The van der Waals surface area contributed by atoms with Gasteiger partial charge in [0.2, 0.25) is 0 Å². The van der Waals surface area contributed by atoms with Gasteiger partial charge in [0.15, 0.2) is 6.10 Å². The second-order valence-corrected chi connectivity index (χ2v) is 5.02. The number of rotatable bonds is 4. The van der Waals surface area contributed by atoms with E-state index in [4.69, 9.17) is 4.74 Å². The quantitative estimate of drug-likeness (QED) is 0.851. The van der Waals surface area contributed by atoms with E-state index in [0.29, 0.717) is 5.75 Å². The van der Waals surface area contributed by atoms with Crippen molar-refractivity contribution in [1.82, 2.24) is 10.9 Å². The number of hydrogen-bond acceptors (Lipinski definition) is 3. The minimum atomic E-state index is -0.786. The molecule has 2 N–H and O–H groups in total. The van der Waals surface area contributed by atoms with Gasteiger partial charge in [0.05, 0.1) is 0 Å². The zero-order valence-corrected chi connectivity index (χ0v) is 12.8. The molecular weight excluding hydrogens is 299 g/mol. The van der Waals surface area contributed by atoms with E-state index in [1.54, 1.807) is 19.1 Å². The van der Waals surface area contributed by atoms with E-state index in [1.807, 2.05) is 19.1 Å². The first kappa shape index (κ1) is 16.5. The fourth-order valence-electron chi connectivity index (χ4n) is 1.77. The molecule has 2 aromatic carbocycles. The van der Waals surface area contributed by atoms with Crippen LogP contribution in [0.1, 0.15) is 22.8 Å². The molecule has 0 saturated carbocycles. The number of carbonyl (C=O) groups is 2. The van der Waals surface area contributed by atoms with Crippen LogP contribution in [0.3, 0.4) is 0 Å². The largest absolute Gasteiger partial charge is 0.481 e. The number of halogens is 1. The third-order valence-electron chi connectivity index (χ3n) is 3.11. The topological polar surface area (TPSA) is 67.4 Å². The Morgan fingerprint density at radius 3 is 2.22 bits per heavy atom. The van der Waals surface area contributed by atoms with Gasteiger partial charge in [0.1, 0.15) is 11.6 Å². The van der Waals surface area contributed by atoms with Gasteiger partial charge in [-0.05, 0) is 50.2 Å². The van der Waals surface area contributed by atoms with Crippen molar-refractivity contribution in [3.8, 4) is 5.75 Å². The van der Waals surface area contributed by atoms with E-state index in [-0.39, 0.29) is 5.56 Å². The molecule has 2 aromatic rings. The normalized spacial score (nSPS) is 11.4. The van der Waals surface area contributed by atoms with Gasteiger partial charge in [-0.3, -0.25) is 20.4 Å². The molecule has 1 unspecified atom stereocenters. The molecule has 2 rings (SSSR count). The molecule has 0 saturated heterocycles. The van der Waals surface area contributed by atoms with Crippen molar-refractivity contribution in [3.05, 3.63) is 65.5 Å². The van der Waals surface area contributed by atoms with Gasteiger partial charge < -0.3 is 4.74 Å². The second kappa shape index (κ2) is 7.40. The van der Waals surface area contributed by atoms with Crippen molar-refractivity contribution >= 4 is 11.8 Å². The number of amides is 2. The van der Waals surface area contributed by atoms with Gasteiger partial charge in [-0.2, -0.15) is 0 Å². The fourth-order valence-corrected chi connectivity index (χ4v) is 1.77. The highest BCUT2D eigenvalue weighted by atomic mass is 19.1. The fraction of sp³-hybridized carbons (Fsp3) is 0.176. The van der Waals surface area contributed by atoms with E-state index < -0.39 is 23.7 Å². The van der Waals surface area contributed by atoms with Gasteiger partial charge in [-0.15, -0.1) is 0 Å². The lowest BCUT2D eigenvalue weighted by Crippen LogP contribution is -2.47. The highest BCUT2D eigenvalue weighted by molar-refractivity contribution is 5.95. The van der Waals surface area contributed by atoms with E-state index in [2.05, 4.69) is 10.9 Å². The predicted octanol–water partition coefficient (Wildman–Crippen LogP) is 2.36. The molecule has 0 fully saturated rings. The van der Waals surface area contributed by atoms with Gasteiger partial charge in [0.25, 0.3) is 11.8 Å². The van der Waals surface area contributed by atoms with Gasteiger partial charge >= 0.3 is 0 Å². The number of ether oxygens (including phenoxy) is 1.